The highest BCUT2D eigenvalue weighted by molar-refractivity contribution is 6.51. The van der Waals surface area contributed by atoms with E-state index in [9.17, 15) is 14.7 Å². The van der Waals surface area contributed by atoms with Crippen molar-refractivity contribution in [2.24, 2.45) is 5.92 Å². The van der Waals surface area contributed by atoms with Crippen LogP contribution >= 0.6 is 0 Å². The minimum atomic E-state index is -0.942. The molecule has 1 fully saturated rings. The van der Waals surface area contributed by atoms with Crippen LogP contribution in [-0.2, 0) is 9.59 Å². The Labute approximate surface area is 220 Å². The highest BCUT2D eigenvalue weighted by atomic mass is 16.5. The Bertz CT molecular complexity index is 1440. The molecular weight excluding hydrogens is 482 g/mol. The van der Waals surface area contributed by atoms with Crippen LogP contribution in [0.3, 0.4) is 0 Å². The fourth-order valence-corrected chi connectivity index (χ4v) is 4.24. The highest BCUT2D eigenvalue weighted by Gasteiger charge is 2.48. The van der Waals surface area contributed by atoms with Crippen molar-refractivity contribution in [2.45, 2.75) is 19.9 Å². The quantitative estimate of drug-likeness (QED) is 0.161. The van der Waals surface area contributed by atoms with Gasteiger partial charge in [0.1, 0.15) is 34.8 Å². The molecule has 7 nitrogen and oxygen atoms in total. The summed E-state index contributed by atoms with van der Waals surface area (Å²) in [6, 6.07) is 25.3. The van der Waals surface area contributed by atoms with Crippen LogP contribution < -0.4 is 14.4 Å². The summed E-state index contributed by atoms with van der Waals surface area (Å²) in [5.41, 5.74) is 0.805. The zero-order chi connectivity index (χ0) is 26.6. The van der Waals surface area contributed by atoms with Crippen molar-refractivity contribution >= 4 is 23.1 Å². The molecule has 1 aliphatic heterocycles. The van der Waals surface area contributed by atoms with Gasteiger partial charge in [0.15, 0.2) is 0 Å². The number of ketones is 1. The Morgan fingerprint density at radius 2 is 1.53 bits per heavy atom. The van der Waals surface area contributed by atoms with E-state index in [4.69, 9.17) is 13.9 Å². The van der Waals surface area contributed by atoms with Gasteiger partial charge in [-0.05, 0) is 78.7 Å². The zero-order valence-electron chi connectivity index (χ0n) is 21.0. The maximum atomic E-state index is 13.3. The van der Waals surface area contributed by atoms with E-state index >= 15 is 0 Å². The van der Waals surface area contributed by atoms with E-state index in [-0.39, 0.29) is 11.3 Å². The number of furan rings is 1. The standard InChI is InChI=1S/C31H27NO6/c1-20(2)19-37-23-14-10-21(11-15-23)29(33)27-28(26-9-6-18-36-26)32(31(35)30(27)34)22-12-16-25(17-13-22)38-24-7-4-3-5-8-24/h3-18,20,28,33H,19H2,1-2H3/b29-27-. The van der Waals surface area contributed by atoms with Crippen LogP contribution in [0.15, 0.2) is 107 Å². The first-order chi connectivity index (χ1) is 18.4. The molecule has 0 saturated carbocycles. The summed E-state index contributed by atoms with van der Waals surface area (Å²) in [5, 5.41) is 11.2. The Balaban J connectivity index is 1.49. The molecular formula is C31H27NO6. The van der Waals surface area contributed by atoms with E-state index < -0.39 is 17.7 Å². The van der Waals surface area contributed by atoms with E-state index in [0.717, 1.165) is 0 Å². The van der Waals surface area contributed by atoms with Crippen LogP contribution in [0.5, 0.6) is 17.2 Å². The topological polar surface area (TPSA) is 89.2 Å². The lowest BCUT2D eigenvalue weighted by Gasteiger charge is -2.23. The first-order valence-electron chi connectivity index (χ1n) is 12.3. The second-order valence-corrected chi connectivity index (χ2v) is 9.32. The lowest BCUT2D eigenvalue weighted by molar-refractivity contribution is -0.132. The van der Waals surface area contributed by atoms with Gasteiger partial charge in [-0.3, -0.25) is 14.5 Å². The van der Waals surface area contributed by atoms with Crippen LogP contribution in [0.4, 0.5) is 5.69 Å². The van der Waals surface area contributed by atoms with Crippen LogP contribution in [0.1, 0.15) is 31.2 Å². The molecule has 1 saturated heterocycles. The lowest BCUT2D eigenvalue weighted by Crippen LogP contribution is -2.29. The molecule has 2 heterocycles. The van der Waals surface area contributed by atoms with E-state index in [0.29, 0.717) is 46.8 Å². The SMILES string of the molecule is CC(C)COc1ccc(/C(O)=C2/C(=O)C(=O)N(c3ccc(Oc4ccccc4)cc3)C2c2ccco2)cc1. The lowest BCUT2D eigenvalue weighted by atomic mass is 9.99. The Morgan fingerprint density at radius 1 is 0.868 bits per heavy atom. The molecule has 1 aliphatic rings. The maximum absolute atomic E-state index is 13.3. The number of aliphatic hydroxyl groups is 1. The Hall–Kier alpha value is -4.78. The summed E-state index contributed by atoms with van der Waals surface area (Å²) < 4.78 is 17.2. The number of carbonyl (C=O) groups excluding carboxylic acids is 2. The van der Waals surface area contributed by atoms with Crippen LogP contribution in [0, 0.1) is 5.92 Å². The number of aliphatic hydroxyl groups excluding tert-OH is 1. The van der Waals surface area contributed by atoms with Gasteiger partial charge in [-0.1, -0.05) is 32.0 Å². The summed E-state index contributed by atoms with van der Waals surface area (Å²) in [7, 11) is 0. The second-order valence-electron chi connectivity index (χ2n) is 9.32. The number of nitrogens with zero attached hydrogens (tertiary/aromatic N) is 1. The van der Waals surface area contributed by atoms with Gasteiger partial charge < -0.3 is 19.0 Å². The minimum Gasteiger partial charge on any atom is -0.507 e. The van der Waals surface area contributed by atoms with Gasteiger partial charge in [-0.15, -0.1) is 0 Å². The number of hydrogen-bond donors (Lipinski definition) is 1. The molecule has 7 heteroatoms. The largest absolute Gasteiger partial charge is 0.507 e. The van der Waals surface area contributed by atoms with E-state index in [1.54, 1.807) is 60.7 Å². The number of amides is 1. The number of carbonyl (C=O) groups is 2. The van der Waals surface area contributed by atoms with E-state index in [1.165, 1.54) is 11.2 Å². The number of rotatable bonds is 8. The highest BCUT2D eigenvalue weighted by Crippen LogP contribution is 2.42. The second kappa shape index (κ2) is 10.7. The maximum Gasteiger partial charge on any atom is 0.300 e. The van der Waals surface area contributed by atoms with Gasteiger partial charge >= 0.3 is 0 Å². The molecule has 192 valence electrons. The smallest absolute Gasteiger partial charge is 0.300 e. The fourth-order valence-electron chi connectivity index (χ4n) is 4.24. The third kappa shape index (κ3) is 5.04. The molecule has 1 atom stereocenters. The molecule has 1 aromatic heterocycles. The molecule has 5 rings (SSSR count). The van der Waals surface area contributed by atoms with Crippen molar-refractivity contribution in [3.05, 3.63) is 114 Å². The van der Waals surface area contributed by atoms with Crippen molar-refractivity contribution in [3.8, 4) is 17.2 Å². The number of para-hydroxylation sites is 1. The van der Waals surface area contributed by atoms with E-state index in [1.807, 2.05) is 30.3 Å². The molecule has 0 bridgehead atoms. The third-order valence-electron chi connectivity index (χ3n) is 6.06. The molecule has 1 unspecified atom stereocenters. The zero-order valence-corrected chi connectivity index (χ0v) is 21.0. The van der Waals surface area contributed by atoms with Crippen LogP contribution in [0.2, 0.25) is 0 Å². The molecule has 3 aromatic carbocycles. The summed E-state index contributed by atoms with van der Waals surface area (Å²) in [6.07, 6.45) is 1.47. The molecule has 0 spiro atoms. The molecule has 4 aromatic rings. The molecule has 38 heavy (non-hydrogen) atoms. The summed E-state index contributed by atoms with van der Waals surface area (Å²) in [5.74, 6) is 0.777. The predicted molar refractivity (Wildman–Crippen MR) is 143 cm³/mol. The van der Waals surface area contributed by atoms with Gasteiger partial charge in [0, 0.05) is 11.3 Å². The summed E-state index contributed by atoms with van der Waals surface area (Å²) in [4.78, 5) is 27.9. The van der Waals surface area contributed by atoms with Crippen molar-refractivity contribution in [1.29, 1.82) is 0 Å². The number of anilines is 1. The molecule has 1 N–H and O–H groups in total. The van der Waals surface area contributed by atoms with Gasteiger partial charge in [-0.2, -0.15) is 0 Å². The first kappa shape index (κ1) is 24.9. The average Bonchev–Trinajstić information content (AvgIpc) is 3.55. The summed E-state index contributed by atoms with van der Waals surface area (Å²) in [6.45, 7) is 4.67. The van der Waals surface area contributed by atoms with Crippen LogP contribution in [0.25, 0.3) is 5.76 Å². The monoisotopic (exact) mass is 509 g/mol. The normalized spacial score (nSPS) is 16.7. The van der Waals surface area contributed by atoms with Gasteiger partial charge in [0.25, 0.3) is 11.7 Å². The van der Waals surface area contributed by atoms with E-state index in [2.05, 4.69) is 13.8 Å². The molecule has 0 aliphatic carbocycles. The number of Topliss-reactive ketones (excluding diaryl/α,β-unsaturated/α-hetero) is 1. The van der Waals surface area contributed by atoms with Crippen molar-refractivity contribution in [2.75, 3.05) is 11.5 Å². The summed E-state index contributed by atoms with van der Waals surface area (Å²) >= 11 is 0. The Morgan fingerprint density at radius 3 is 2.16 bits per heavy atom. The molecule has 1 amide bonds. The van der Waals surface area contributed by atoms with Crippen molar-refractivity contribution in [3.63, 3.8) is 0 Å². The van der Waals surface area contributed by atoms with Gasteiger partial charge in [-0.25, -0.2) is 0 Å². The predicted octanol–water partition coefficient (Wildman–Crippen LogP) is 6.73. The number of benzene rings is 3. The van der Waals surface area contributed by atoms with Gasteiger partial charge in [0.2, 0.25) is 0 Å². The fraction of sp³-hybridized carbons (Fsp3) is 0.161. The van der Waals surface area contributed by atoms with Crippen molar-refractivity contribution in [1.82, 2.24) is 0 Å². The average molecular weight is 510 g/mol. The van der Waals surface area contributed by atoms with Gasteiger partial charge in [0.05, 0.1) is 18.4 Å². The van der Waals surface area contributed by atoms with Crippen LogP contribution in [-0.4, -0.2) is 23.4 Å². The first-order valence-corrected chi connectivity index (χ1v) is 12.3. The Kier molecular flexibility index (Phi) is 7.00. The van der Waals surface area contributed by atoms with Crippen molar-refractivity contribution < 1.29 is 28.6 Å². The number of ether oxygens (including phenoxy) is 2. The third-order valence-corrected chi connectivity index (χ3v) is 6.06. The number of hydrogen-bond acceptors (Lipinski definition) is 6. The molecule has 0 radical (unpaired) electrons. The minimum absolute atomic E-state index is 0.0505.